The summed E-state index contributed by atoms with van der Waals surface area (Å²) in [5.74, 6) is 0.433. The van der Waals surface area contributed by atoms with E-state index in [0.29, 0.717) is 29.4 Å². The lowest BCUT2D eigenvalue weighted by Gasteiger charge is -2.12. The van der Waals surface area contributed by atoms with Crippen LogP contribution in [0.4, 0.5) is 5.82 Å². The summed E-state index contributed by atoms with van der Waals surface area (Å²) in [5.41, 5.74) is 1.12. The molecule has 6 nitrogen and oxygen atoms in total. The molecule has 7 heteroatoms. The molecule has 0 aliphatic heterocycles. The summed E-state index contributed by atoms with van der Waals surface area (Å²) in [6.07, 6.45) is 1.83. The van der Waals surface area contributed by atoms with Gasteiger partial charge in [-0.3, -0.25) is 9.59 Å². The van der Waals surface area contributed by atoms with Crippen molar-refractivity contribution in [3.05, 3.63) is 46.7 Å². The highest BCUT2D eigenvalue weighted by Gasteiger charge is 2.16. The molecule has 0 fully saturated rings. The Morgan fingerprint density at radius 1 is 1.29 bits per heavy atom. The summed E-state index contributed by atoms with van der Waals surface area (Å²) in [5, 5.41) is 9.63. The number of aromatic nitrogens is 1. The first kappa shape index (κ1) is 18.0. The Hall–Kier alpha value is -2.34. The molecule has 0 saturated heterocycles. The molecule has 2 rings (SSSR count). The zero-order valence-electron chi connectivity index (χ0n) is 13.6. The summed E-state index contributed by atoms with van der Waals surface area (Å²) >= 11 is 5.83. The van der Waals surface area contributed by atoms with Crippen LogP contribution in [0.1, 0.15) is 31.1 Å². The fourth-order valence-corrected chi connectivity index (χ4v) is 2.27. The minimum atomic E-state index is -0.648. The van der Waals surface area contributed by atoms with Crippen molar-refractivity contribution < 1.29 is 14.1 Å². The smallest absolute Gasteiger partial charge is 0.247 e. The molecule has 2 amide bonds. The van der Waals surface area contributed by atoms with Crippen molar-refractivity contribution in [1.82, 2.24) is 10.5 Å². The first-order chi connectivity index (χ1) is 11.4. The van der Waals surface area contributed by atoms with Crippen LogP contribution < -0.4 is 10.6 Å². The molecule has 0 radical (unpaired) electrons. The third-order valence-corrected chi connectivity index (χ3v) is 3.68. The predicted octanol–water partition coefficient (Wildman–Crippen LogP) is 3.10. The zero-order valence-corrected chi connectivity index (χ0v) is 14.4. The van der Waals surface area contributed by atoms with Crippen LogP contribution in [0.3, 0.4) is 0 Å². The van der Waals surface area contributed by atoms with Crippen molar-refractivity contribution in [3.63, 3.8) is 0 Å². The molecule has 0 saturated carbocycles. The number of carbonyl (C=O) groups is 2. The number of nitrogens with one attached hydrogen (secondary N) is 2. The second kappa shape index (κ2) is 8.49. The Labute approximate surface area is 145 Å². The van der Waals surface area contributed by atoms with Gasteiger partial charge in [-0.2, -0.15) is 0 Å². The highest BCUT2D eigenvalue weighted by Crippen LogP contribution is 2.12. The van der Waals surface area contributed by atoms with Crippen molar-refractivity contribution >= 4 is 29.2 Å². The van der Waals surface area contributed by atoms with E-state index >= 15 is 0 Å². The Balaban J connectivity index is 1.70. The van der Waals surface area contributed by atoms with E-state index < -0.39 is 6.04 Å². The standard InChI is InChI=1S/C17H20ClN3O3/c1-11-10-15(21-24-11)20-17(23)12(2)19-16(22)5-3-4-13-6-8-14(18)9-7-13/h6-10,12H,3-5H2,1-2H3,(H,19,22)(H,20,21,23)/t12-/m0/s1. The number of amides is 2. The maximum Gasteiger partial charge on any atom is 0.247 e. The van der Waals surface area contributed by atoms with Crippen LogP contribution in [0, 0.1) is 6.92 Å². The molecule has 0 aliphatic carbocycles. The SMILES string of the molecule is Cc1cc(NC(=O)[C@H](C)NC(=O)CCCc2ccc(Cl)cc2)no1. The number of carbonyl (C=O) groups excluding carboxylic acids is 2. The number of hydrogen-bond acceptors (Lipinski definition) is 4. The van der Waals surface area contributed by atoms with E-state index in [1.54, 1.807) is 19.9 Å². The molecule has 1 aromatic carbocycles. The largest absolute Gasteiger partial charge is 0.360 e. The van der Waals surface area contributed by atoms with E-state index in [-0.39, 0.29) is 11.8 Å². The normalized spacial score (nSPS) is 11.8. The molecule has 0 unspecified atom stereocenters. The van der Waals surface area contributed by atoms with Crippen LogP contribution in [0.25, 0.3) is 0 Å². The predicted molar refractivity (Wildman–Crippen MR) is 91.9 cm³/mol. The summed E-state index contributed by atoms with van der Waals surface area (Å²) in [4.78, 5) is 23.9. The van der Waals surface area contributed by atoms with Gasteiger partial charge >= 0.3 is 0 Å². The second-order valence-electron chi connectivity index (χ2n) is 5.58. The van der Waals surface area contributed by atoms with Gasteiger partial charge in [-0.25, -0.2) is 0 Å². The Morgan fingerprint density at radius 3 is 2.62 bits per heavy atom. The second-order valence-corrected chi connectivity index (χ2v) is 6.02. The number of hydrogen-bond donors (Lipinski definition) is 2. The summed E-state index contributed by atoms with van der Waals surface area (Å²) in [6.45, 7) is 3.36. The summed E-state index contributed by atoms with van der Waals surface area (Å²) < 4.78 is 4.87. The molecule has 128 valence electrons. The third kappa shape index (κ3) is 5.70. The van der Waals surface area contributed by atoms with E-state index in [1.165, 1.54) is 0 Å². The average Bonchev–Trinajstić information content (AvgIpc) is 2.94. The van der Waals surface area contributed by atoms with Crippen LogP contribution in [0.15, 0.2) is 34.9 Å². The van der Waals surface area contributed by atoms with Gasteiger partial charge in [-0.15, -0.1) is 0 Å². The molecule has 24 heavy (non-hydrogen) atoms. The Morgan fingerprint density at radius 2 is 2.00 bits per heavy atom. The first-order valence-electron chi connectivity index (χ1n) is 7.72. The molecule has 1 heterocycles. The van der Waals surface area contributed by atoms with E-state index in [0.717, 1.165) is 12.0 Å². The van der Waals surface area contributed by atoms with Gasteiger partial charge in [0.05, 0.1) is 0 Å². The molecule has 2 aromatic rings. The van der Waals surface area contributed by atoms with Crippen molar-refractivity contribution in [3.8, 4) is 0 Å². The van der Waals surface area contributed by atoms with Crippen LogP contribution in [0.5, 0.6) is 0 Å². The van der Waals surface area contributed by atoms with Gasteiger partial charge in [0.15, 0.2) is 5.82 Å². The lowest BCUT2D eigenvalue weighted by Crippen LogP contribution is -2.41. The van der Waals surface area contributed by atoms with Crippen molar-refractivity contribution in [2.45, 2.75) is 39.2 Å². The molecular weight excluding hydrogens is 330 g/mol. The van der Waals surface area contributed by atoms with Crippen molar-refractivity contribution in [2.75, 3.05) is 5.32 Å². The Kier molecular flexibility index (Phi) is 6.37. The highest BCUT2D eigenvalue weighted by molar-refractivity contribution is 6.30. The highest BCUT2D eigenvalue weighted by atomic mass is 35.5. The van der Waals surface area contributed by atoms with E-state index in [9.17, 15) is 9.59 Å². The van der Waals surface area contributed by atoms with E-state index in [1.807, 2.05) is 24.3 Å². The lowest BCUT2D eigenvalue weighted by molar-refractivity contribution is -0.126. The maximum absolute atomic E-state index is 12.0. The van der Waals surface area contributed by atoms with Crippen LogP contribution in [0.2, 0.25) is 5.02 Å². The summed E-state index contributed by atoms with van der Waals surface area (Å²) in [6, 6.07) is 8.50. The van der Waals surface area contributed by atoms with E-state index in [4.69, 9.17) is 16.1 Å². The zero-order chi connectivity index (χ0) is 17.5. The molecule has 2 N–H and O–H groups in total. The molecule has 0 bridgehead atoms. The summed E-state index contributed by atoms with van der Waals surface area (Å²) in [7, 11) is 0. The fraction of sp³-hybridized carbons (Fsp3) is 0.353. The topological polar surface area (TPSA) is 84.2 Å². The average molecular weight is 350 g/mol. The fourth-order valence-electron chi connectivity index (χ4n) is 2.14. The molecular formula is C17H20ClN3O3. The van der Waals surface area contributed by atoms with Gasteiger partial charge in [0.1, 0.15) is 11.8 Å². The molecule has 0 aliphatic rings. The third-order valence-electron chi connectivity index (χ3n) is 3.43. The quantitative estimate of drug-likeness (QED) is 0.804. The van der Waals surface area contributed by atoms with Gasteiger partial charge in [0.25, 0.3) is 0 Å². The minimum absolute atomic E-state index is 0.164. The van der Waals surface area contributed by atoms with Crippen molar-refractivity contribution in [2.24, 2.45) is 0 Å². The molecule has 0 spiro atoms. The van der Waals surface area contributed by atoms with Gasteiger partial charge in [-0.1, -0.05) is 28.9 Å². The van der Waals surface area contributed by atoms with Gasteiger partial charge in [0, 0.05) is 17.5 Å². The molecule has 1 atom stereocenters. The first-order valence-corrected chi connectivity index (χ1v) is 8.10. The van der Waals surface area contributed by atoms with Gasteiger partial charge in [0.2, 0.25) is 11.8 Å². The number of anilines is 1. The maximum atomic E-state index is 12.0. The molecule has 1 aromatic heterocycles. The monoisotopic (exact) mass is 349 g/mol. The number of benzene rings is 1. The number of rotatable bonds is 7. The Bertz CT molecular complexity index is 697. The van der Waals surface area contributed by atoms with Crippen molar-refractivity contribution in [1.29, 1.82) is 0 Å². The number of aryl methyl sites for hydroxylation is 2. The van der Waals surface area contributed by atoms with Crippen LogP contribution in [-0.4, -0.2) is 23.0 Å². The number of nitrogens with zero attached hydrogens (tertiary/aromatic N) is 1. The van der Waals surface area contributed by atoms with Gasteiger partial charge < -0.3 is 15.2 Å². The van der Waals surface area contributed by atoms with Crippen LogP contribution in [-0.2, 0) is 16.0 Å². The van der Waals surface area contributed by atoms with E-state index in [2.05, 4.69) is 15.8 Å². The lowest BCUT2D eigenvalue weighted by atomic mass is 10.1. The minimum Gasteiger partial charge on any atom is -0.360 e. The van der Waals surface area contributed by atoms with Gasteiger partial charge in [-0.05, 0) is 44.4 Å². The van der Waals surface area contributed by atoms with Crippen LogP contribution >= 0.6 is 11.6 Å². The number of halogens is 1.